The fourth-order valence-electron chi connectivity index (χ4n) is 1.36. The molecule has 0 saturated carbocycles. The van der Waals surface area contributed by atoms with Crippen LogP contribution in [-0.2, 0) is 10.0 Å². The van der Waals surface area contributed by atoms with Gasteiger partial charge in [-0.05, 0) is 12.8 Å². The van der Waals surface area contributed by atoms with Crippen molar-refractivity contribution in [3.63, 3.8) is 0 Å². The van der Waals surface area contributed by atoms with E-state index in [-0.39, 0.29) is 4.66 Å². The molecule has 84 valence electrons. The third-order valence-electron chi connectivity index (χ3n) is 2.23. The molecule has 0 N–H and O–H groups in total. The largest absolute Gasteiger partial charge is 0.224 e. The van der Waals surface area contributed by atoms with Gasteiger partial charge in [-0.1, -0.05) is 47.8 Å². The highest BCUT2D eigenvalue weighted by molar-refractivity contribution is 9.12. The van der Waals surface area contributed by atoms with E-state index in [1.807, 2.05) is 0 Å². The van der Waals surface area contributed by atoms with Gasteiger partial charge in [0, 0.05) is 22.7 Å². The summed E-state index contributed by atoms with van der Waals surface area (Å²) in [7, 11) is -3.08. The maximum absolute atomic E-state index is 11.6. The van der Waals surface area contributed by atoms with Crippen LogP contribution in [0.25, 0.3) is 0 Å². The van der Waals surface area contributed by atoms with Crippen LogP contribution in [0, 0.1) is 0 Å². The highest BCUT2D eigenvalue weighted by Gasteiger charge is 2.28. The van der Waals surface area contributed by atoms with Crippen molar-refractivity contribution in [1.82, 2.24) is 4.31 Å². The lowest BCUT2D eigenvalue weighted by molar-refractivity contribution is 0.428. The zero-order chi connectivity index (χ0) is 10.8. The van der Waals surface area contributed by atoms with Gasteiger partial charge in [-0.25, -0.2) is 12.7 Å². The van der Waals surface area contributed by atoms with Crippen LogP contribution in [0.2, 0.25) is 0 Å². The standard InChI is InChI=1S/C7H12Br3NO2S/c8-5-14(12,13)11-3-1-6(9)7(10)2-4-11/h6-7H,1-5H2/t6-,7-/m1/s1. The van der Waals surface area contributed by atoms with Crippen LogP contribution in [0.15, 0.2) is 0 Å². The summed E-state index contributed by atoms with van der Waals surface area (Å²) < 4.78 is 24.7. The molecule has 1 rings (SSSR count). The van der Waals surface area contributed by atoms with Gasteiger partial charge in [0.05, 0.1) is 0 Å². The normalized spacial score (nSPS) is 31.4. The average molecular weight is 414 g/mol. The molecule has 0 radical (unpaired) electrons. The Hall–Kier alpha value is 1.35. The van der Waals surface area contributed by atoms with E-state index in [0.29, 0.717) is 22.7 Å². The number of hydrogen-bond donors (Lipinski definition) is 0. The molecule has 0 amide bonds. The van der Waals surface area contributed by atoms with Gasteiger partial charge in [0.2, 0.25) is 10.0 Å². The number of alkyl halides is 3. The number of nitrogens with zero attached hydrogens (tertiary/aromatic N) is 1. The highest BCUT2D eigenvalue weighted by Crippen LogP contribution is 2.26. The van der Waals surface area contributed by atoms with Gasteiger partial charge in [0.25, 0.3) is 0 Å². The second-order valence-electron chi connectivity index (χ2n) is 3.23. The Morgan fingerprint density at radius 3 is 1.93 bits per heavy atom. The lowest BCUT2D eigenvalue weighted by Gasteiger charge is -2.17. The zero-order valence-corrected chi connectivity index (χ0v) is 13.1. The number of hydrogen-bond acceptors (Lipinski definition) is 2. The second kappa shape index (κ2) is 5.61. The van der Waals surface area contributed by atoms with E-state index in [4.69, 9.17) is 0 Å². The monoisotopic (exact) mass is 411 g/mol. The predicted molar refractivity (Wildman–Crippen MR) is 69.0 cm³/mol. The minimum absolute atomic E-state index is 0.0138. The Bertz CT molecular complexity index is 271. The maximum Gasteiger partial charge on any atom is 0.224 e. The van der Waals surface area contributed by atoms with Gasteiger partial charge in [-0.3, -0.25) is 0 Å². The molecule has 0 aliphatic carbocycles. The Labute approximate surface area is 110 Å². The summed E-state index contributed by atoms with van der Waals surface area (Å²) >= 11 is 10.1. The zero-order valence-electron chi connectivity index (χ0n) is 7.50. The fourth-order valence-corrected chi connectivity index (χ4v) is 4.07. The molecule has 7 heteroatoms. The van der Waals surface area contributed by atoms with Gasteiger partial charge in [-0.2, -0.15) is 0 Å². The number of halogens is 3. The molecular weight excluding hydrogens is 402 g/mol. The molecule has 2 atom stereocenters. The van der Waals surface area contributed by atoms with Crippen molar-refractivity contribution in [2.24, 2.45) is 0 Å². The number of sulfonamides is 1. The van der Waals surface area contributed by atoms with E-state index in [1.165, 1.54) is 0 Å². The molecule has 1 heterocycles. The van der Waals surface area contributed by atoms with E-state index >= 15 is 0 Å². The smallest absolute Gasteiger partial charge is 0.211 e. The summed E-state index contributed by atoms with van der Waals surface area (Å²) in [6.07, 6.45) is 1.70. The molecule has 1 fully saturated rings. The third-order valence-corrected chi connectivity index (χ3v) is 8.30. The molecule has 0 aromatic heterocycles. The van der Waals surface area contributed by atoms with Crippen molar-refractivity contribution >= 4 is 57.8 Å². The van der Waals surface area contributed by atoms with E-state index in [1.54, 1.807) is 4.31 Å². The lowest BCUT2D eigenvalue weighted by atomic mass is 10.2. The molecule has 1 aliphatic heterocycles. The van der Waals surface area contributed by atoms with Crippen LogP contribution >= 0.6 is 47.8 Å². The molecule has 0 aromatic rings. The minimum atomic E-state index is -3.08. The van der Waals surface area contributed by atoms with Crippen molar-refractivity contribution in [3.05, 3.63) is 0 Å². The summed E-state index contributed by atoms with van der Waals surface area (Å²) in [6.45, 7) is 1.21. The van der Waals surface area contributed by atoms with Crippen molar-refractivity contribution in [2.45, 2.75) is 22.5 Å². The van der Waals surface area contributed by atoms with Crippen LogP contribution in [0.1, 0.15) is 12.8 Å². The predicted octanol–water partition coefficient (Wildman–Crippen LogP) is 2.29. The highest BCUT2D eigenvalue weighted by atomic mass is 79.9. The quantitative estimate of drug-likeness (QED) is 0.651. The summed E-state index contributed by atoms with van der Waals surface area (Å²) in [5.41, 5.74) is 0. The van der Waals surface area contributed by atoms with Crippen molar-refractivity contribution in [2.75, 3.05) is 17.8 Å². The van der Waals surface area contributed by atoms with E-state index < -0.39 is 10.0 Å². The molecule has 1 saturated heterocycles. The third kappa shape index (κ3) is 3.43. The SMILES string of the molecule is O=S(=O)(CBr)N1CC[C@@H](Br)[C@H](Br)CC1. The van der Waals surface area contributed by atoms with E-state index in [9.17, 15) is 8.42 Å². The minimum Gasteiger partial charge on any atom is -0.211 e. The van der Waals surface area contributed by atoms with Crippen molar-refractivity contribution < 1.29 is 8.42 Å². The first kappa shape index (κ1) is 13.4. The van der Waals surface area contributed by atoms with Crippen molar-refractivity contribution in [1.29, 1.82) is 0 Å². The van der Waals surface area contributed by atoms with Gasteiger partial charge >= 0.3 is 0 Å². The van der Waals surface area contributed by atoms with Crippen LogP contribution < -0.4 is 0 Å². The maximum atomic E-state index is 11.6. The summed E-state index contributed by atoms with van der Waals surface area (Å²) in [6, 6.07) is 0. The molecule has 0 aromatic carbocycles. The van der Waals surface area contributed by atoms with Gasteiger partial charge in [0.1, 0.15) is 4.66 Å². The molecule has 0 spiro atoms. The Morgan fingerprint density at radius 2 is 1.57 bits per heavy atom. The lowest BCUT2D eigenvalue weighted by Crippen LogP contribution is -2.32. The molecule has 0 bridgehead atoms. The van der Waals surface area contributed by atoms with Gasteiger partial charge in [-0.15, -0.1) is 0 Å². The summed E-state index contributed by atoms with van der Waals surface area (Å²) in [4.78, 5) is 0.719. The first-order chi connectivity index (χ1) is 6.47. The Balaban J connectivity index is 2.67. The van der Waals surface area contributed by atoms with E-state index in [2.05, 4.69) is 47.8 Å². The van der Waals surface area contributed by atoms with Gasteiger partial charge in [0.15, 0.2) is 0 Å². The summed E-state index contributed by atoms with van der Waals surface area (Å²) in [5.74, 6) is 0. The second-order valence-corrected chi connectivity index (χ2v) is 8.85. The number of rotatable bonds is 2. The first-order valence-corrected chi connectivity index (χ1v) is 8.85. The Kier molecular flexibility index (Phi) is 5.38. The van der Waals surface area contributed by atoms with Crippen LogP contribution in [0.3, 0.4) is 0 Å². The average Bonchev–Trinajstić information content (AvgIpc) is 2.31. The first-order valence-electron chi connectivity index (χ1n) is 4.29. The van der Waals surface area contributed by atoms with Crippen molar-refractivity contribution in [3.8, 4) is 0 Å². The molecule has 3 nitrogen and oxygen atoms in total. The van der Waals surface area contributed by atoms with Crippen LogP contribution in [-0.4, -0.2) is 40.1 Å². The van der Waals surface area contributed by atoms with Crippen LogP contribution in [0.4, 0.5) is 0 Å². The fraction of sp³-hybridized carbons (Fsp3) is 1.00. The van der Waals surface area contributed by atoms with Gasteiger partial charge < -0.3 is 0 Å². The Morgan fingerprint density at radius 1 is 1.14 bits per heavy atom. The van der Waals surface area contributed by atoms with Crippen LogP contribution in [0.5, 0.6) is 0 Å². The molecule has 14 heavy (non-hydrogen) atoms. The molecule has 0 unspecified atom stereocenters. The van der Waals surface area contributed by atoms with E-state index in [0.717, 1.165) is 12.8 Å². The topological polar surface area (TPSA) is 37.4 Å². The molecule has 1 aliphatic rings. The summed E-state index contributed by atoms with van der Waals surface area (Å²) in [5, 5.41) is 0. The molecular formula is C7H12Br3NO2S.